The molecule has 0 unspecified atom stereocenters. The van der Waals surface area contributed by atoms with Gasteiger partial charge in [0.25, 0.3) is 0 Å². The van der Waals surface area contributed by atoms with Gasteiger partial charge in [-0.1, -0.05) is 17.7 Å². The van der Waals surface area contributed by atoms with Crippen molar-refractivity contribution in [2.24, 2.45) is 4.99 Å². The molecule has 0 fully saturated rings. The van der Waals surface area contributed by atoms with Gasteiger partial charge in [0.05, 0.1) is 0 Å². The SMILES string of the molecule is CN=C(NCCCN(C)C)NCCc1ccc(Cl)nc1.I. The first-order valence-corrected chi connectivity index (χ1v) is 7.19. The number of guanidine groups is 1. The van der Waals surface area contributed by atoms with Crippen LogP contribution >= 0.6 is 35.6 Å². The van der Waals surface area contributed by atoms with Gasteiger partial charge in [-0.25, -0.2) is 4.98 Å². The van der Waals surface area contributed by atoms with Gasteiger partial charge in [0.1, 0.15) is 5.15 Å². The standard InChI is InChI=1S/C14H24ClN5.HI/c1-16-14(17-8-4-10-20(2)3)18-9-7-12-5-6-13(15)19-11-12;/h5-6,11H,4,7-10H2,1-3H3,(H2,16,17,18);1H. The van der Waals surface area contributed by atoms with Crippen molar-refractivity contribution in [1.29, 1.82) is 0 Å². The number of aliphatic imine (C=N–C) groups is 1. The number of nitrogens with one attached hydrogen (secondary N) is 2. The predicted octanol–water partition coefficient (Wildman–Crippen LogP) is 2.01. The Labute approximate surface area is 149 Å². The van der Waals surface area contributed by atoms with Crippen LogP contribution in [0.1, 0.15) is 12.0 Å². The summed E-state index contributed by atoms with van der Waals surface area (Å²) < 4.78 is 0. The molecule has 0 saturated heterocycles. The molecule has 0 radical (unpaired) electrons. The lowest BCUT2D eigenvalue weighted by Crippen LogP contribution is -2.39. The Kier molecular flexibility index (Phi) is 11.7. The maximum Gasteiger partial charge on any atom is 0.190 e. The van der Waals surface area contributed by atoms with Gasteiger partial charge in [0.2, 0.25) is 0 Å². The fourth-order valence-corrected chi connectivity index (χ4v) is 1.81. The lowest BCUT2D eigenvalue weighted by Gasteiger charge is -2.13. The van der Waals surface area contributed by atoms with Crippen molar-refractivity contribution in [2.75, 3.05) is 40.8 Å². The highest BCUT2D eigenvalue weighted by Gasteiger charge is 1.98. The zero-order chi connectivity index (χ0) is 14.8. The van der Waals surface area contributed by atoms with Gasteiger partial charge < -0.3 is 15.5 Å². The van der Waals surface area contributed by atoms with E-state index in [0.29, 0.717) is 5.15 Å². The summed E-state index contributed by atoms with van der Waals surface area (Å²) in [5.74, 6) is 0.839. The molecule has 1 aromatic rings. The first-order chi connectivity index (χ1) is 9.61. The molecule has 7 heteroatoms. The molecule has 0 aliphatic carbocycles. The molecule has 0 atom stereocenters. The molecule has 5 nitrogen and oxygen atoms in total. The smallest absolute Gasteiger partial charge is 0.190 e. The molecule has 2 N–H and O–H groups in total. The van der Waals surface area contributed by atoms with Crippen molar-refractivity contribution in [3.05, 3.63) is 29.0 Å². The zero-order valence-corrected chi connectivity index (χ0v) is 16.0. The second kappa shape index (κ2) is 12.0. The minimum atomic E-state index is 0. The van der Waals surface area contributed by atoms with Crippen LogP contribution in [0.25, 0.3) is 0 Å². The highest BCUT2D eigenvalue weighted by atomic mass is 127. The molecule has 1 rings (SSSR count). The minimum Gasteiger partial charge on any atom is -0.356 e. The van der Waals surface area contributed by atoms with Gasteiger partial charge >= 0.3 is 0 Å². The number of hydrogen-bond donors (Lipinski definition) is 2. The van der Waals surface area contributed by atoms with Crippen LogP contribution in [-0.2, 0) is 6.42 Å². The van der Waals surface area contributed by atoms with E-state index >= 15 is 0 Å². The second-order valence-electron chi connectivity index (χ2n) is 4.82. The van der Waals surface area contributed by atoms with Crippen LogP contribution in [-0.4, -0.2) is 56.6 Å². The minimum absolute atomic E-state index is 0. The van der Waals surface area contributed by atoms with E-state index in [9.17, 15) is 0 Å². The molecule has 0 aromatic carbocycles. The lowest BCUT2D eigenvalue weighted by molar-refractivity contribution is 0.399. The molecule has 0 aliphatic heterocycles. The molecular weight excluding hydrogens is 401 g/mol. The average molecular weight is 426 g/mol. The van der Waals surface area contributed by atoms with Crippen LogP contribution in [0.3, 0.4) is 0 Å². The Morgan fingerprint density at radius 3 is 2.57 bits per heavy atom. The Bertz CT molecular complexity index is 408. The molecule has 1 heterocycles. The number of aromatic nitrogens is 1. The predicted molar refractivity (Wildman–Crippen MR) is 101 cm³/mol. The molecule has 0 bridgehead atoms. The molecular formula is C14H25ClIN5. The number of rotatable bonds is 7. The van der Waals surface area contributed by atoms with E-state index in [-0.39, 0.29) is 24.0 Å². The number of hydrogen-bond acceptors (Lipinski definition) is 3. The number of nitrogens with zero attached hydrogens (tertiary/aromatic N) is 3. The van der Waals surface area contributed by atoms with Gasteiger partial charge in [0, 0.05) is 26.3 Å². The highest BCUT2D eigenvalue weighted by Crippen LogP contribution is 2.05. The van der Waals surface area contributed by atoms with E-state index in [4.69, 9.17) is 11.6 Å². The number of pyridine rings is 1. The summed E-state index contributed by atoms with van der Waals surface area (Å²) in [6.45, 7) is 2.80. The van der Waals surface area contributed by atoms with Crippen molar-refractivity contribution in [3.8, 4) is 0 Å². The third-order valence-electron chi connectivity index (χ3n) is 2.79. The molecule has 1 aromatic heterocycles. The summed E-state index contributed by atoms with van der Waals surface area (Å²) in [6, 6.07) is 3.80. The van der Waals surface area contributed by atoms with Crippen molar-refractivity contribution in [3.63, 3.8) is 0 Å². The third-order valence-corrected chi connectivity index (χ3v) is 3.02. The van der Waals surface area contributed by atoms with Gasteiger partial charge in [-0.15, -0.1) is 24.0 Å². The maximum absolute atomic E-state index is 5.75. The zero-order valence-electron chi connectivity index (χ0n) is 12.9. The number of halogens is 2. The van der Waals surface area contributed by atoms with E-state index < -0.39 is 0 Å². The van der Waals surface area contributed by atoms with Crippen molar-refractivity contribution in [1.82, 2.24) is 20.5 Å². The normalized spacial score (nSPS) is 11.2. The van der Waals surface area contributed by atoms with Gasteiger partial charge in [0.15, 0.2) is 5.96 Å². The summed E-state index contributed by atoms with van der Waals surface area (Å²) in [4.78, 5) is 10.4. The van der Waals surface area contributed by atoms with Gasteiger partial charge in [-0.05, 0) is 45.1 Å². The topological polar surface area (TPSA) is 52.6 Å². The Morgan fingerprint density at radius 2 is 2.00 bits per heavy atom. The van der Waals surface area contributed by atoms with E-state index in [2.05, 4.69) is 39.6 Å². The second-order valence-corrected chi connectivity index (χ2v) is 5.21. The Balaban J connectivity index is 0.00000400. The van der Waals surface area contributed by atoms with Crippen molar-refractivity contribution in [2.45, 2.75) is 12.8 Å². The summed E-state index contributed by atoms with van der Waals surface area (Å²) in [5.41, 5.74) is 1.16. The van der Waals surface area contributed by atoms with Crippen LogP contribution < -0.4 is 10.6 Å². The van der Waals surface area contributed by atoms with E-state index in [1.807, 2.05) is 12.1 Å². The monoisotopic (exact) mass is 425 g/mol. The molecule has 0 spiro atoms. The van der Waals surface area contributed by atoms with Crippen LogP contribution in [0.5, 0.6) is 0 Å². The fraction of sp³-hybridized carbons (Fsp3) is 0.571. The quantitative estimate of drug-likeness (QED) is 0.231. The fourth-order valence-electron chi connectivity index (χ4n) is 1.70. The van der Waals surface area contributed by atoms with Crippen molar-refractivity contribution >= 4 is 41.5 Å². The molecule has 0 amide bonds. The van der Waals surface area contributed by atoms with Gasteiger partial charge in [-0.2, -0.15) is 0 Å². The lowest BCUT2D eigenvalue weighted by atomic mass is 10.2. The van der Waals surface area contributed by atoms with Crippen LogP contribution in [0.15, 0.2) is 23.3 Å². The van der Waals surface area contributed by atoms with Crippen molar-refractivity contribution < 1.29 is 0 Å². The average Bonchev–Trinajstić information content (AvgIpc) is 2.43. The third kappa shape index (κ3) is 9.87. The Hall–Kier alpha value is -0.600. The molecule has 120 valence electrons. The Morgan fingerprint density at radius 1 is 1.29 bits per heavy atom. The summed E-state index contributed by atoms with van der Waals surface area (Å²) in [5, 5.41) is 7.11. The first kappa shape index (κ1) is 20.4. The van der Waals surface area contributed by atoms with Crippen LogP contribution in [0.2, 0.25) is 5.15 Å². The molecule has 0 aliphatic rings. The molecule has 21 heavy (non-hydrogen) atoms. The maximum atomic E-state index is 5.75. The molecule has 0 saturated carbocycles. The van der Waals surface area contributed by atoms with E-state index in [0.717, 1.165) is 44.0 Å². The van der Waals surface area contributed by atoms with Gasteiger partial charge in [-0.3, -0.25) is 4.99 Å². The van der Waals surface area contributed by atoms with Crippen LogP contribution in [0, 0.1) is 0 Å². The van der Waals surface area contributed by atoms with E-state index in [1.165, 1.54) is 0 Å². The van der Waals surface area contributed by atoms with Crippen LogP contribution in [0.4, 0.5) is 0 Å². The summed E-state index contributed by atoms with van der Waals surface area (Å²) in [6.07, 6.45) is 3.79. The highest BCUT2D eigenvalue weighted by molar-refractivity contribution is 14.0. The first-order valence-electron chi connectivity index (χ1n) is 6.81. The summed E-state index contributed by atoms with van der Waals surface area (Å²) in [7, 11) is 5.94. The largest absolute Gasteiger partial charge is 0.356 e. The summed E-state index contributed by atoms with van der Waals surface area (Å²) >= 11 is 5.75. The van der Waals surface area contributed by atoms with E-state index in [1.54, 1.807) is 13.2 Å².